The molecule has 6 nitrogen and oxygen atoms in total. The molecule has 1 fully saturated rings. The molecule has 2 rings (SSSR count). The summed E-state index contributed by atoms with van der Waals surface area (Å²) in [6, 6.07) is 3.50. The van der Waals surface area contributed by atoms with E-state index in [-0.39, 0.29) is 46.5 Å². The van der Waals surface area contributed by atoms with Crippen LogP contribution < -0.4 is 4.73 Å². The van der Waals surface area contributed by atoms with Crippen molar-refractivity contribution in [2.75, 3.05) is 13.6 Å². The quantitative estimate of drug-likeness (QED) is 0.422. The first-order chi connectivity index (χ1) is 6.59. The van der Waals surface area contributed by atoms with Gasteiger partial charge in [-0.3, -0.25) is 0 Å². The summed E-state index contributed by atoms with van der Waals surface area (Å²) in [5.41, 5.74) is 0.859. The molecule has 0 saturated carbocycles. The van der Waals surface area contributed by atoms with Gasteiger partial charge in [-0.25, -0.2) is 0 Å². The highest BCUT2D eigenvalue weighted by atomic mass is 35.5. The Labute approximate surface area is 118 Å². The number of aromatic nitrogens is 1. The molecule has 0 aromatic carbocycles. The van der Waals surface area contributed by atoms with Gasteiger partial charge in [0.15, 0.2) is 12.4 Å². The lowest BCUT2D eigenvalue weighted by molar-refractivity contribution is -0.879. The lowest BCUT2D eigenvalue weighted by atomic mass is 10.1. The van der Waals surface area contributed by atoms with Gasteiger partial charge in [0, 0.05) is 18.9 Å². The van der Waals surface area contributed by atoms with Crippen LogP contribution in [0, 0.1) is 10.4 Å². The van der Waals surface area contributed by atoms with E-state index in [1.165, 1.54) is 12.4 Å². The molecule has 4 N–H and O–H groups in total. The second-order valence-corrected chi connectivity index (χ2v) is 4.05. The van der Waals surface area contributed by atoms with Gasteiger partial charge in [0.1, 0.15) is 6.04 Å². The lowest BCUT2D eigenvalue weighted by Crippen LogP contribution is -2.37. The number of hydrogen-bond acceptors (Lipinski definition) is 2. The molecule has 1 aliphatic rings. The highest BCUT2D eigenvalue weighted by molar-refractivity contribution is 5.85. The van der Waals surface area contributed by atoms with Crippen molar-refractivity contribution in [3.63, 3.8) is 0 Å². The first kappa shape index (κ1) is 22.5. The number of likely N-dealkylation sites (tertiary alicyclic amines) is 1. The first-order valence-corrected chi connectivity index (χ1v) is 4.84. The Bertz CT molecular complexity index is 352. The summed E-state index contributed by atoms with van der Waals surface area (Å²) in [7, 11) is 1.68. The van der Waals surface area contributed by atoms with Crippen molar-refractivity contribution in [3.05, 3.63) is 40.5 Å². The molecule has 2 unspecified atom stereocenters. The number of nitrogens with zero attached hydrogens (tertiary/aromatic N) is 2. The van der Waals surface area contributed by atoms with Crippen LogP contribution in [0.1, 0.15) is 24.4 Å². The molecule has 1 aliphatic heterocycles. The van der Waals surface area contributed by atoms with Crippen molar-refractivity contribution >= 4 is 24.8 Å². The number of hydroxylamine groups is 3. The monoisotopic (exact) mass is 302 g/mol. The standard InChI is InChI=1S/C10H14N2O2.2ClH.2H2O/c1-12(14)7-3-5-10(12)9-4-2-6-11(13)8-9;;;;/h2,4,6,8,10H,3,5,7H2,1H3;2*1H;2*1H2. The fraction of sp³-hybridized carbons (Fsp3) is 0.500. The first-order valence-electron chi connectivity index (χ1n) is 4.84. The van der Waals surface area contributed by atoms with E-state index in [0.717, 1.165) is 23.1 Å². The minimum atomic E-state index is -0.246. The molecule has 1 aromatic heterocycles. The molecule has 18 heavy (non-hydrogen) atoms. The van der Waals surface area contributed by atoms with Crippen molar-refractivity contribution in [1.29, 1.82) is 0 Å². The predicted octanol–water partition coefficient (Wildman–Crippen LogP) is 0.293. The maximum absolute atomic E-state index is 12.0. The zero-order valence-corrected chi connectivity index (χ0v) is 11.7. The summed E-state index contributed by atoms with van der Waals surface area (Å²) in [6.45, 7) is 0.651. The van der Waals surface area contributed by atoms with E-state index in [9.17, 15) is 10.4 Å². The number of halogens is 2. The van der Waals surface area contributed by atoms with Gasteiger partial charge in [0.05, 0.1) is 19.2 Å². The summed E-state index contributed by atoms with van der Waals surface area (Å²) in [6.07, 6.45) is 4.76. The van der Waals surface area contributed by atoms with E-state index in [1.54, 1.807) is 13.1 Å². The van der Waals surface area contributed by atoms with Gasteiger partial charge in [-0.15, -0.1) is 24.8 Å². The molecule has 8 heteroatoms. The molecular formula is C10H20Cl2N2O4. The molecular weight excluding hydrogens is 283 g/mol. The van der Waals surface area contributed by atoms with E-state index >= 15 is 0 Å². The van der Waals surface area contributed by atoms with Gasteiger partial charge < -0.3 is 26.0 Å². The van der Waals surface area contributed by atoms with Crippen LogP contribution in [0.2, 0.25) is 0 Å². The maximum atomic E-state index is 12.0. The van der Waals surface area contributed by atoms with Crippen molar-refractivity contribution in [1.82, 2.24) is 0 Å². The Morgan fingerprint density at radius 2 is 1.94 bits per heavy atom. The lowest BCUT2D eigenvalue weighted by Gasteiger charge is -2.39. The van der Waals surface area contributed by atoms with Crippen LogP contribution in [0.3, 0.4) is 0 Å². The number of hydrogen-bond donors (Lipinski definition) is 0. The van der Waals surface area contributed by atoms with Crippen LogP contribution in [0.15, 0.2) is 24.5 Å². The Kier molecular flexibility index (Phi) is 10.6. The van der Waals surface area contributed by atoms with Gasteiger partial charge >= 0.3 is 0 Å². The highest BCUT2D eigenvalue weighted by Crippen LogP contribution is 2.35. The number of rotatable bonds is 1. The molecule has 0 bridgehead atoms. The smallest absolute Gasteiger partial charge is 0.189 e. The van der Waals surface area contributed by atoms with E-state index in [4.69, 9.17) is 0 Å². The van der Waals surface area contributed by atoms with Gasteiger partial charge in [-0.05, 0) is 6.07 Å². The average Bonchev–Trinajstić information content (AvgIpc) is 2.45. The van der Waals surface area contributed by atoms with Crippen LogP contribution in [0.4, 0.5) is 0 Å². The van der Waals surface area contributed by atoms with E-state index in [1.807, 2.05) is 6.07 Å². The Morgan fingerprint density at radius 1 is 1.33 bits per heavy atom. The fourth-order valence-electron chi connectivity index (χ4n) is 2.18. The zero-order chi connectivity index (χ0) is 10.2. The molecule has 0 spiro atoms. The van der Waals surface area contributed by atoms with Gasteiger partial charge in [0.25, 0.3) is 0 Å². The molecule has 0 radical (unpaired) electrons. The number of pyridine rings is 1. The van der Waals surface area contributed by atoms with Gasteiger partial charge in [-0.1, -0.05) is 0 Å². The minimum absolute atomic E-state index is 0. The van der Waals surface area contributed by atoms with Crippen molar-refractivity contribution in [2.24, 2.45) is 0 Å². The fourth-order valence-corrected chi connectivity index (χ4v) is 2.18. The van der Waals surface area contributed by atoms with E-state index in [2.05, 4.69) is 0 Å². The third-order valence-corrected chi connectivity index (χ3v) is 2.92. The van der Waals surface area contributed by atoms with Crippen molar-refractivity contribution in [2.45, 2.75) is 18.9 Å². The summed E-state index contributed by atoms with van der Waals surface area (Å²) in [5, 5.41) is 23.0. The molecule has 0 aliphatic carbocycles. The van der Waals surface area contributed by atoms with E-state index in [0.29, 0.717) is 6.54 Å². The van der Waals surface area contributed by atoms with Crippen LogP contribution in [0.25, 0.3) is 0 Å². The second-order valence-electron chi connectivity index (χ2n) is 4.05. The summed E-state index contributed by atoms with van der Waals surface area (Å²) < 4.78 is 0.512. The normalized spacial score (nSPS) is 24.9. The third kappa shape index (κ3) is 4.56. The van der Waals surface area contributed by atoms with E-state index < -0.39 is 0 Å². The zero-order valence-electron chi connectivity index (χ0n) is 10.0. The largest absolute Gasteiger partial charge is 0.633 e. The van der Waals surface area contributed by atoms with Crippen molar-refractivity contribution < 1.29 is 20.3 Å². The summed E-state index contributed by atoms with van der Waals surface area (Å²) >= 11 is 0. The molecule has 2 atom stereocenters. The molecule has 108 valence electrons. The van der Waals surface area contributed by atoms with Crippen LogP contribution >= 0.6 is 24.8 Å². The van der Waals surface area contributed by atoms with Crippen molar-refractivity contribution in [3.8, 4) is 0 Å². The molecule has 0 amide bonds. The summed E-state index contributed by atoms with van der Waals surface area (Å²) in [5.74, 6) is 0. The summed E-state index contributed by atoms with van der Waals surface area (Å²) in [4.78, 5) is 0. The minimum Gasteiger partial charge on any atom is -0.633 e. The third-order valence-electron chi connectivity index (χ3n) is 2.92. The Balaban J connectivity index is -0.000000562. The van der Waals surface area contributed by atoms with Crippen LogP contribution in [0.5, 0.6) is 0 Å². The predicted molar refractivity (Wildman–Crippen MR) is 73.5 cm³/mol. The van der Waals surface area contributed by atoms with Crippen LogP contribution in [-0.2, 0) is 0 Å². The molecule has 1 saturated heterocycles. The van der Waals surface area contributed by atoms with Crippen LogP contribution in [-0.4, -0.2) is 29.2 Å². The molecule has 1 aromatic rings. The highest BCUT2D eigenvalue weighted by Gasteiger charge is 2.33. The Morgan fingerprint density at radius 3 is 2.39 bits per heavy atom. The van der Waals surface area contributed by atoms with Gasteiger partial charge in [-0.2, -0.15) is 4.73 Å². The topological polar surface area (TPSA) is 113 Å². The maximum Gasteiger partial charge on any atom is 0.189 e. The van der Waals surface area contributed by atoms with Gasteiger partial charge in [0.2, 0.25) is 0 Å². The Hall–Kier alpha value is -0.630. The number of quaternary nitrogens is 1. The average molecular weight is 303 g/mol. The second kappa shape index (κ2) is 8.47. The SMILES string of the molecule is C[N+]1([O-])CCCC1c1ccc[n+]([O-])c1.Cl.Cl.O.O. The molecule has 2 heterocycles.